The summed E-state index contributed by atoms with van der Waals surface area (Å²) >= 11 is 1.39. The number of carbonyl (C=O) groups excluding carboxylic acids is 3. The van der Waals surface area contributed by atoms with Gasteiger partial charge in [-0.3, -0.25) is 9.59 Å². The summed E-state index contributed by atoms with van der Waals surface area (Å²) in [4.78, 5) is 37.9. The van der Waals surface area contributed by atoms with Crippen LogP contribution in [0, 0.1) is 11.3 Å². The van der Waals surface area contributed by atoms with Gasteiger partial charge in [-0.15, -0.1) is 11.8 Å². The number of furan rings is 1. The normalized spacial score (nSPS) is 18.4. The molecule has 8 nitrogen and oxygen atoms in total. The van der Waals surface area contributed by atoms with E-state index >= 15 is 0 Å². The number of hydrogen-bond acceptors (Lipinski definition) is 7. The summed E-state index contributed by atoms with van der Waals surface area (Å²) in [6, 6.07) is 11.0. The number of nitrogens with one attached hydrogen (secondary N) is 1. The van der Waals surface area contributed by atoms with Gasteiger partial charge >= 0.3 is 5.97 Å². The molecule has 9 heteroatoms. The van der Waals surface area contributed by atoms with Crippen LogP contribution in [0.25, 0.3) is 0 Å². The van der Waals surface area contributed by atoms with E-state index in [1.54, 1.807) is 30.3 Å². The Morgan fingerprint density at radius 1 is 1.36 bits per heavy atom. The van der Waals surface area contributed by atoms with Gasteiger partial charge in [0.1, 0.15) is 17.2 Å². The largest absolute Gasteiger partial charge is 0.466 e. The number of ether oxygens (including phenoxy) is 1. The van der Waals surface area contributed by atoms with Crippen LogP contribution < -0.4 is 5.32 Å². The Morgan fingerprint density at radius 2 is 2.18 bits per heavy atom. The van der Waals surface area contributed by atoms with E-state index in [2.05, 4.69) is 5.32 Å². The summed E-state index contributed by atoms with van der Waals surface area (Å²) in [7, 11) is 0. The summed E-state index contributed by atoms with van der Waals surface area (Å²) in [5.41, 5.74) is 0.832. The molecule has 0 bridgehead atoms. The Morgan fingerprint density at radius 3 is 2.86 bits per heavy atom. The average Bonchev–Trinajstić information content (AvgIpc) is 3.35. The van der Waals surface area contributed by atoms with Gasteiger partial charge in [-0.25, -0.2) is 4.79 Å². The molecule has 3 rings (SSSR count). The molecule has 144 valence electrons. The molecule has 0 unspecified atom stereocenters. The number of anilines is 1. The summed E-state index contributed by atoms with van der Waals surface area (Å²) in [6.07, 6.45) is 1.51. The number of amides is 2. The molecule has 2 heterocycles. The summed E-state index contributed by atoms with van der Waals surface area (Å²) in [6.45, 7) is 0.880. The fraction of sp³-hybridized carbons (Fsp3) is 0.263. The third-order valence-electron chi connectivity index (χ3n) is 4.04. The second-order valence-corrected chi connectivity index (χ2v) is 7.10. The van der Waals surface area contributed by atoms with Gasteiger partial charge in [0.2, 0.25) is 5.91 Å². The molecule has 1 aliphatic heterocycles. The lowest BCUT2D eigenvalue weighted by Crippen LogP contribution is -2.43. The third kappa shape index (κ3) is 4.35. The molecule has 0 radical (unpaired) electrons. The highest BCUT2D eigenvalue weighted by Gasteiger charge is 2.43. The van der Waals surface area contributed by atoms with Crippen LogP contribution in [0.3, 0.4) is 0 Å². The van der Waals surface area contributed by atoms with E-state index in [1.807, 2.05) is 6.07 Å². The number of nitriles is 1. The summed E-state index contributed by atoms with van der Waals surface area (Å²) in [5, 5.41) is 11.0. The standard InChI is InChI=1S/C19H17N3O5S/c1-12(23)22-15(11-28-18(22)16-6-3-7-26-16)19(25)27-10-17(24)21-14-5-2-4-13(8-14)9-20/h2-8,15,18H,10-11H2,1H3,(H,21,24)/t15-,18-/m0/s1. The van der Waals surface area contributed by atoms with E-state index in [9.17, 15) is 14.4 Å². The zero-order chi connectivity index (χ0) is 20.1. The SMILES string of the molecule is CC(=O)N1[C@H](C(=O)OCC(=O)Nc2cccc(C#N)c2)CS[C@H]1c1ccco1. The first-order valence-electron chi connectivity index (χ1n) is 8.40. The molecule has 28 heavy (non-hydrogen) atoms. The Kier molecular flexibility index (Phi) is 6.01. The van der Waals surface area contributed by atoms with Crippen LogP contribution in [-0.2, 0) is 19.1 Å². The lowest BCUT2D eigenvalue weighted by Gasteiger charge is -2.25. The van der Waals surface area contributed by atoms with Gasteiger partial charge < -0.3 is 19.4 Å². The smallest absolute Gasteiger partial charge is 0.330 e. The maximum Gasteiger partial charge on any atom is 0.330 e. The lowest BCUT2D eigenvalue weighted by molar-refractivity contribution is -0.155. The minimum Gasteiger partial charge on any atom is -0.466 e. The number of esters is 1. The van der Waals surface area contributed by atoms with Crippen LogP contribution in [0.4, 0.5) is 5.69 Å². The molecular formula is C19H17N3O5S. The van der Waals surface area contributed by atoms with E-state index in [-0.39, 0.29) is 5.91 Å². The molecule has 0 aliphatic carbocycles. The van der Waals surface area contributed by atoms with Crippen LogP contribution in [0.1, 0.15) is 23.6 Å². The van der Waals surface area contributed by atoms with E-state index < -0.39 is 29.9 Å². The second kappa shape index (κ2) is 8.63. The third-order valence-corrected chi connectivity index (χ3v) is 5.33. The maximum atomic E-state index is 12.4. The van der Waals surface area contributed by atoms with Gasteiger partial charge in [0.05, 0.1) is 17.9 Å². The number of thioether (sulfide) groups is 1. The first kappa shape index (κ1) is 19.5. The van der Waals surface area contributed by atoms with Crippen LogP contribution in [-0.4, -0.2) is 41.1 Å². The number of nitrogens with zero attached hydrogens (tertiary/aromatic N) is 2. The summed E-state index contributed by atoms with van der Waals surface area (Å²) in [5.74, 6) is -0.559. The van der Waals surface area contributed by atoms with Crippen LogP contribution in [0.2, 0.25) is 0 Å². The van der Waals surface area contributed by atoms with E-state index in [0.29, 0.717) is 22.8 Å². The zero-order valence-corrected chi connectivity index (χ0v) is 15.8. The van der Waals surface area contributed by atoms with Crippen molar-refractivity contribution in [3.8, 4) is 6.07 Å². The number of carbonyl (C=O) groups is 3. The van der Waals surface area contributed by atoms with Crippen LogP contribution in [0.15, 0.2) is 47.1 Å². The first-order valence-corrected chi connectivity index (χ1v) is 9.45. The van der Waals surface area contributed by atoms with E-state index in [0.717, 1.165) is 0 Å². The molecule has 1 fully saturated rings. The molecule has 1 N–H and O–H groups in total. The predicted octanol–water partition coefficient (Wildman–Crippen LogP) is 2.30. The quantitative estimate of drug-likeness (QED) is 0.768. The highest BCUT2D eigenvalue weighted by atomic mass is 32.2. The second-order valence-electron chi connectivity index (χ2n) is 5.99. The van der Waals surface area contributed by atoms with Crippen molar-refractivity contribution in [2.45, 2.75) is 18.3 Å². The molecule has 0 saturated carbocycles. The van der Waals surface area contributed by atoms with Gasteiger partial charge in [0.15, 0.2) is 6.61 Å². The summed E-state index contributed by atoms with van der Waals surface area (Å²) < 4.78 is 10.5. The molecule has 2 amide bonds. The van der Waals surface area contributed by atoms with Crippen molar-refractivity contribution < 1.29 is 23.5 Å². The fourth-order valence-electron chi connectivity index (χ4n) is 2.82. The first-order chi connectivity index (χ1) is 13.5. The fourth-order valence-corrected chi connectivity index (χ4v) is 4.24. The van der Waals surface area contributed by atoms with Crippen molar-refractivity contribution >= 4 is 35.2 Å². The topological polar surface area (TPSA) is 113 Å². The van der Waals surface area contributed by atoms with E-state index in [1.165, 1.54) is 35.9 Å². The minimum atomic E-state index is -0.799. The number of hydrogen-bond donors (Lipinski definition) is 1. The van der Waals surface area contributed by atoms with Gasteiger partial charge in [0.25, 0.3) is 5.91 Å². The molecule has 1 aliphatic rings. The van der Waals surface area contributed by atoms with Gasteiger partial charge in [-0.05, 0) is 30.3 Å². The molecule has 1 saturated heterocycles. The zero-order valence-electron chi connectivity index (χ0n) is 15.0. The van der Waals surface area contributed by atoms with Crippen molar-refractivity contribution in [1.82, 2.24) is 4.90 Å². The van der Waals surface area contributed by atoms with Crippen molar-refractivity contribution in [2.75, 3.05) is 17.7 Å². The van der Waals surface area contributed by atoms with Crippen molar-refractivity contribution in [3.63, 3.8) is 0 Å². The highest BCUT2D eigenvalue weighted by molar-refractivity contribution is 7.99. The molecular weight excluding hydrogens is 382 g/mol. The maximum absolute atomic E-state index is 12.4. The molecule has 0 spiro atoms. The molecule has 2 atom stereocenters. The van der Waals surface area contributed by atoms with Gasteiger partial charge in [0, 0.05) is 18.4 Å². The molecule has 1 aromatic carbocycles. The molecule has 1 aromatic heterocycles. The lowest BCUT2D eigenvalue weighted by atomic mass is 10.2. The van der Waals surface area contributed by atoms with Crippen molar-refractivity contribution in [2.24, 2.45) is 0 Å². The monoisotopic (exact) mass is 399 g/mol. The number of benzene rings is 1. The minimum absolute atomic E-state index is 0.286. The Bertz CT molecular complexity index is 922. The average molecular weight is 399 g/mol. The Balaban J connectivity index is 1.58. The van der Waals surface area contributed by atoms with Gasteiger partial charge in [-0.1, -0.05) is 6.07 Å². The highest BCUT2D eigenvalue weighted by Crippen LogP contribution is 2.41. The van der Waals surface area contributed by atoms with Gasteiger partial charge in [-0.2, -0.15) is 5.26 Å². The van der Waals surface area contributed by atoms with Crippen LogP contribution >= 0.6 is 11.8 Å². The van der Waals surface area contributed by atoms with Crippen LogP contribution in [0.5, 0.6) is 0 Å². The Hall–Kier alpha value is -3.25. The van der Waals surface area contributed by atoms with Crippen molar-refractivity contribution in [1.29, 1.82) is 5.26 Å². The van der Waals surface area contributed by atoms with E-state index in [4.69, 9.17) is 14.4 Å². The van der Waals surface area contributed by atoms with Crippen molar-refractivity contribution in [3.05, 3.63) is 54.0 Å². The number of rotatable bonds is 5. The molecule has 2 aromatic rings. The predicted molar refractivity (Wildman–Crippen MR) is 101 cm³/mol. The Labute approximate surface area is 165 Å².